The lowest BCUT2D eigenvalue weighted by atomic mass is 9.79. The van der Waals surface area contributed by atoms with Crippen molar-refractivity contribution < 1.29 is 5.11 Å². The zero-order chi connectivity index (χ0) is 10.3. The molecule has 0 radical (unpaired) electrons. The topological polar surface area (TPSA) is 44.1 Å². The van der Waals surface area contributed by atoms with Gasteiger partial charge in [0.15, 0.2) is 0 Å². The molecule has 2 heteroatoms. The van der Waals surface area contributed by atoms with Gasteiger partial charge < -0.3 is 10.5 Å². The van der Waals surface area contributed by atoms with E-state index in [2.05, 4.69) is 20.8 Å². The fraction of sp³-hybridized carbons (Fsp3) is 0.909. The average Bonchev–Trinajstić information content (AvgIpc) is 2.11. The summed E-state index contributed by atoms with van der Waals surface area (Å²) in [6.45, 7) is 6.82. The second-order valence-corrected chi connectivity index (χ2v) is 4.04. The molecule has 0 bridgehead atoms. The van der Waals surface area contributed by atoms with Crippen LogP contribution in [0.25, 0.3) is 0 Å². The van der Waals surface area contributed by atoms with Crippen LogP contribution in [0, 0.1) is 23.2 Å². The summed E-state index contributed by atoms with van der Waals surface area (Å²) in [4.78, 5) is 0. The van der Waals surface area contributed by atoms with Gasteiger partial charge in [-0.05, 0) is 36.8 Å². The van der Waals surface area contributed by atoms with Gasteiger partial charge in [0.25, 0.3) is 0 Å². The van der Waals surface area contributed by atoms with E-state index < -0.39 is 0 Å². The van der Waals surface area contributed by atoms with Gasteiger partial charge >= 0.3 is 0 Å². The molecule has 0 aromatic rings. The molecule has 2 unspecified atom stereocenters. The number of rotatable bonds is 7. The third-order valence-corrected chi connectivity index (χ3v) is 2.87. The summed E-state index contributed by atoms with van der Waals surface area (Å²) in [6.07, 6.45) is 4.40. The van der Waals surface area contributed by atoms with Crippen LogP contribution in [0.15, 0.2) is 0 Å². The van der Waals surface area contributed by atoms with E-state index in [1.807, 2.05) is 0 Å². The number of hydrogen-bond donors (Lipinski definition) is 2. The first-order chi connectivity index (χ1) is 6.17. The molecular weight excluding hydrogens is 162 g/mol. The molecule has 0 fully saturated rings. The highest BCUT2D eigenvalue weighted by Gasteiger charge is 2.21. The Bertz CT molecular complexity index is 130. The largest absolute Gasteiger partial charge is 0.396 e. The molecule has 0 aliphatic carbocycles. The van der Waals surface area contributed by atoms with Gasteiger partial charge in [-0.25, -0.2) is 0 Å². The lowest BCUT2D eigenvalue weighted by Gasteiger charge is -2.27. The monoisotopic (exact) mass is 185 g/mol. The Morgan fingerprint density at radius 3 is 2.31 bits per heavy atom. The van der Waals surface area contributed by atoms with Gasteiger partial charge in [-0.3, -0.25) is 0 Å². The fourth-order valence-corrected chi connectivity index (χ4v) is 1.96. The molecule has 2 N–H and O–H groups in total. The van der Waals surface area contributed by atoms with E-state index in [9.17, 15) is 5.11 Å². The number of aliphatic hydroxyl groups is 1. The van der Waals surface area contributed by atoms with Gasteiger partial charge in [-0.15, -0.1) is 0 Å². The van der Waals surface area contributed by atoms with E-state index in [1.165, 1.54) is 6.21 Å². The Balaban J connectivity index is 4.11. The Morgan fingerprint density at radius 2 is 2.00 bits per heavy atom. The molecule has 0 aliphatic rings. The fourth-order valence-electron chi connectivity index (χ4n) is 1.96. The number of aliphatic hydroxyl groups excluding tert-OH is 1. The summed E-state index contributed by atoms with van der Waals surface area (Å²) in [5.41, 5.74) is 0. The van der Waals surface area contributed by atoms with Gasteiger partial charge in [0.1, 0.15) is 0 Å². The molecule has 2 atom stereocenters. The van der Waals surface area contributed by atoms with E-state index in [4.69, 9.17) is 5.41 Å². The first kappa shape index (κ1) is 12.6. The highest BCUT2D eigenvalue weighted by molar-refractivity contribution is 5.52. The maximum absolute atomic E-state index is 9.19. The Hall–Kier alpha value is -0.370. The zero-order valence-corrected chi connectivity index (χ0v) is 9.09. The van der Waals surface area contributed by atoms with Gasteiger partial charge in [0.2, 0.25) is 0 Å². The number of nitrogens with one attached hydrogen (secondary N) is 1. The molecule has 0 aromatic carbocycles. The van der Waals surface area contributed by atoms with Gasteiger partial charge in [-0.2, -0.15) is 0 Å². The SMILES string of the molecule is CCC(CO)C(CCC=N)C(C)C. The van der Waals surface area contributed by atoms with Gasteiger partial charge in [0.05, 0.1) is 0 Å². The van der Waals surface area contributed by atoms with Crippen LogP contribution in [0.2, 0.25) is 0 Å². The lowest BCUT2D eigenvalue weighted by Crippen LogP contribution is -2.23. The van der Waals surface area contributed by atoms with Crippen molar-refractivity contribution in [2.75, 3.05) is 6.61 Å². The van der Waals surface area contributed by atoms with Crippen molar-refractivity contribution in [1.29, 1.82) is 5.41 Å². The van der Waals surface area contributed by atoms with Crippen molar-refractivity contribution in [1.82, 2.24) is 0 Å². The van der Waals surface area contributed by atoms with Crippen molar-refractivity contribution in [3.8, 4) is 0 Å². The van der Waals surface area contributed by atoms with E-state index in [0.717, 1.165) is 19.3 Å². The molecule has 13 heavy (non-hydrogen) atoms. The molecule has 0 saturated carbocycles. The minimum absolute atomic E-state index is 0.289. The summed E-state index contributed by atoms with van der Waals surface area (Å²) in [5, 5.41) is 16.2. The molecule has 2 nitrogen and oxygen atoms in total. The Morgan fingerprint density at radius 1 is 1.38 bits per heavy atom. The maximum atomic E-state index is 9.19. The van der Waals surface area contributed by atoms with Crippen molar-refractivity contribution >= 4 is 6.21 Å². The highest BCUT2D eigenvalue weighted by Crippen LogP contribution is 2.27. The summed E-state index contributed by atoms with van der Waals surface area (Å²) >= 11 is 0. The summed E-state index contributed by atoms with van der Waals surface area (Å²) in [5.74, 6) is 1.59. The molecule has 0 spiro atoms. The van der Waals surface area contributed by atoms with Crippen LogP contribution in [0.3, 0.4) is 0 Å². The molecule has 0 saturated heterocycles. The van der Waals surface area contributed by atoms with Gasteiger partial charge in [-0.1, -0.05) is 27.2 Å². The van der Waals surface area contributed by atoms with Crippen molar-refractivity contribution in [2.45, 2.75) is 40.0 Å². The molecule has 0 aliphatic heterocycles. The van der Waals surface area contributed by atoms with E-state index in [0.29, 0.717) is 17.8 Å². The summed E-state index contributed by atoms with van der Waals surface area (Å²) < 4.78 is 0. The zero-order valence-electron chi connectivity index (χ0n) is 9.09. The van der Waals surface area contributed by atoms with Crippen LogP contribution in [0.4, 0.5) is 0 Å². The predicted molar refractivity (Wildman–Crippen MR) is 57.2 cm³/mol. The van der Waals surface area contributed by atoms with Crippen molar-refractivity contribution in [2.24, 2.45) is 17.8 Å². The predicted octanol–water partition coefficient (Wildman–Crippen LogP) is 2.71. The maximum Gasteiger partial charge on any atom is 0.0461 e. The van der Waals surface area contributed by atoms with Gasteiger partial charge in [0, 0.05) is 6.61 Å². The minimum Gasteiger partial charge on any atom is -0.396 e. The van der Waals surface area contributed by atoms with E-state index >= 15 is 0 Å². The molecule has 0 heterocycles. The molecular formula is C11H23NO. The third kappa shape index (κ3) is 4.41. The second-order valence-electron chi connectivity index (χ2n) is 4.04. The van der Waals surface area contributed by atoms with Crippen molar-refractivity contribution in [3.05, 3.63) is 0 Å². The highest BCUT2D eigenvalue weighted by atomic mass is 16.3. The smallest absolute Gasteiger partial charge is 0.0461 e. The normalized spacial score (nSPS) is 15.8. The van der Waals surface area contributed by atoms with Crippen LogP contribution in [0.1, 0.15) is 40.0 Å². The Kier molecular flexibility index (Phi) is 6.87. The van der Waals surface area contributed by atoms with Crippen LogP contribution in [-0.2, 0) is 0 Å². The summed E-state index contributed by atoms with van der Waals surface area (Å²) in [6, 6.07) is 0. The third-order valence-electron chi connectivity index (χ3n) is 2.87. The lowest BCUT2D eigenvalue weighted by molar-refractivity contribution is 0.137. The second kappa shape index (κ2) is 7.07. The summed E-state index contributed by atoms with van der Waals surface area (Å²) in [7, 11) is 0. The molecule has 78 valence electrons. The molecule has 0 amide bonds. The average molecular weight is 185 g/mol. The molecule has 0 aromatic heterocycles. The van der Waals surface area contributed by atoms with Crippen LogP contribution >= 0.6 is 0 Å². The minimum atomic E-state index is 0.289. The van der Waals surface area contributed by atoms with Crippen molar-refractivity contribution in [3.63, 3.8) is 0 Å². The standard InChI is InChI=1S/C11H23NO/c1-4-10(8-13)11(9(2)3)6-5-7-12/h7,9-13H,4-6,8H2,1-3H3. The number of hydrogen-bond acceptors (Lipinski definition) is 2. The van der Waals surface area contributed by atoms with Crippen LogP contribution < -0.4 is 0 Å². The Labute approximate surface area is 81.9 Å². The molecule has 0 rings (SSSR count). The van der Waals surface area contributed by atoms with E-state index in [-0.39, 0.29) is 6.61 Å². The first-order valence-electron chi connectivity index (χ1n) is 5.27. The van der Waals surface area contributed by atoms with E-state index in [1.54, 1.807) is 0 Å². The van der Waals surface area contributed by atoms with Crippen LogP contribution in [-0.4, -0.2) is 17.9 Å². The first-order valence-corrected chi connectivity index (χ1v) is 5.27. The quantitative estimate of drug-likeness (QED) is 0.588. The van der Waals surface area contributed by atoms with Crippen LogP contribution in [0.5, 0.6) is 0 Å².